The molecule has 0 aliphatic rings. The predicted octanol–water partition coefficient (Wildman–Crippen LogP) is 0.720. The van der Waals surface area contributed by atoms with E-state index in [0.717, 1.165) is 7.11 Å². The maximum absolute atomic E-state index is 11.1. The average Bonchev–Trinajstić information content (AvgIpc) is 2.35. The van der Waals surface area contributed by atoms with Crippen molar-refractivity contribution in [2.75, 3.05) is 7.11 Å². The molecule has 2 N–H and O–H groups in total. The second kappa shape index (κ2) is 5.77. The minimum atomic E-state index is -1.77. The van der Waals surface area contributed by atoms with Crippen LogP contribution in [0.1, 0.15) is 22.0 Å². The van der Waals surface area contributed by atoms with Crippen molar-refractivity contribution in [3.05, 3.63) is 34.3 Å². The highest BCUT2D eigenvalue weighted by molar-refractivity contribution is 6.33. The molecule has 0 spiro atoms. The van der Waals surface area contributed by atoms with Gasteiger partial charge in [-0.15, -0.1) is 0 Å². The van der Waals surface area contributed by atoms with E-state index in [2.05, 4.69) is 4.74 Å². The number of aldehydes is 1. The Hall–Kier alpha value is -1.43. The van der Waals surface area contributed by atoms with Gasteiger partial charge in [-0.3, -0.25) is 4.79 Å². The van der Waals surface area contributed by atoms with Crippen molar-refractivity contribution in [2.24, 2.45) is 0 Å². The third-order valence-electron chi connectivity index (χ3n) is 2.26. The minimum Gasteiger partial charge on any atom is -0.467 e. The third kappa shape index (κ3) is 2.82. The molecule has 2 unspecified atom stereocenters. The molecule has 0 saturated carbocycles. The highest BCUT2D eigenvalue weighted by Gasteiger charge is 2.28. The van der Waals surface area contributed by atoms with E-state index in [-0.39, 0.29) is 16.1 Å². The van der Waals surface area contributed by atoms with E-state index < -0.39 is 18.2 Å². The number of aliphatic hydroxyl groups is 2. The van der Waals surface area contributed by atoms with Gasteiger partial charge in [0, 0.05) is 5.56 Å². The zero-order valence-corrected chi connectivity index (χ0v) is 9.72. The van der Waals surface area contributed by atoms with Gasteiger partial charge in [-0.05, 0) is 11.6 Å². The highest BCUT2D eigenvalue weighted by Crippen LogP contribution is 2.26. The summed E-state index contributed by atoms with van der Waals surface area (Å²) in [4.78, 5) is 21.9. The van der Waals surface area contributed by atoms with Crippen molar-refractivity contribution in [1.82, 2.24) is 0 Å². The van der Waals surface area contributed by atoms with Gasteiger partial charge in [-0.25, -0.2) is 4.79 Å². The maximum Gasteiger partial charge on any atom is 0.337 e. The van der Waals surface area contributed by atoms with Crippen LogP contribution in [0.5, 0.6) is 0 Å². The zero-order valence-electron chi connectivity index (χ0n) is 8.96. The molecular weight excluding hydrogens is 248 g/mol. The third-order valence-corrected chi connectivity index (χ3v) is 2.59. The number of hydrogen-bond acceptors (Lipinski definition) is 5. The number of methoxy groups -OCH3 is 1. The Balaban J connectivity index is 3.12. The summed E-state index contributed by atoms with van der Waals surface area (Å²) in [6, 6.07) is 4.36. The van der Waals surface area contributed by atoms with E-state index in [9.17, 15) is 19.8 Å². The van der Waals surface area contributed by atoms with Crippen LogP contribution in [0.15, 0.2) is 18.2 Å². The van der Waals surface area contributed by atoms with Crippen LogP contribution in [0.3, 0.4) is 0 Å². The smallest absolute Gasteiger partial charge is 0.337 e. The van der Waals surface area contributed by atoms with Crippen molar-refractivity contribution < 1.29 is 24.5 Å². The molecule has 0 aliphatic heterocycles. The Kier molecular flexibility index (Phi) is 4.62. The molecule has 0 fully saturated rings. The largest absolute Gasteiger partial charge is 0.467 e. The lowest BCUT2D eigenvalue weighted by molar-refractivity contribution is -0.156. The van der Waals surface area contributed by atoms with Crippen molar-refractivity contribution in [2.45, 2.75) is 12.2 Å². The number of carbonyl (C=O) groups excluding carboxylic acids is 2. The van der Waals surface area contributed by atoms with Crippen LogP contribution in [-0.2, 0) is 9.53 Å². The molecule has 17 heavy (non-hydrogen) atoms. The first-order valence-corrected chi connectivity index (χ1v) is 5.08. The topological polar surface area (TPSA) is 83.8 Å². The van der Waals surface area contributed by atoms with E-state index in [0.29, 0.717) is 6.29 Å². The van der Waals surface area contributed by atoms with Crippen molar-refractivity contribution in [3.63, 3.8) is 0 Å². The van der Waals surface area contributed by atoms with E-state index in [1.54, 1.807) is 0 Å². The van der Waals surface area contributed by atoms with Crippen molar-refractivity contribution in [1.29, 1.82) is 0 Å². The summed E-state index contributed by atoms with van der Waals surface area (Å²) in [5.74, 6) is -0.991. The van der Waals surface area contributed by atoms with Gasteiger partial charge in [0.1, 0.15) is 6.10 Å². The lowest BCUT2D eigenvalue weighted by Crippen LogP contribution is -2.29. The number of ether oxygens (including phenoxy) is 1. The summed E-state index contributed by atoms with van der Waals surface area (Å²) in [5, 5.41) is 19.4. The molecule has 0 aliphatic carbocycles. The quantitative estimate of drug-likeness (QED) is 0.614. The van der Waals surface area contributed by atoms with Crippen molar-refractivity contribution in [3.8, 4) is 0 Å². The van der Waals surface area contributed by atoms with E-state index in [1.165, 1.54) is 18.2 Å². The summed E-state index contributed by atoms with van der Waals surface area (Å²) in [5.41, 5.74) is 0.106. The minimum absolute atomic E-state index is 0.0321. The molecule has 0 aromatic heterocycles. The fraction of sp³-hybridized carbons (Fsp3) is 0.273. The number of hydrogen-bond donors (Lipinski definition) is 2. The first-order chi connectivity index (χ1) is 8.02. The molecule has 0 bridgehead atoms. The van der Waals surface area contributed by atoms with Crippen LogP contribution in [0.25, 0.3) is 0 Å². The zero-order chi connectivity index (χ0) is 13.0. The Labute approximate surface area is 103 Å². The molecule has 2 atom stereocenters. The molecule has 1 aromatic rings. The van der Waals surface area contributed by atoms with Crippen LogP contribution >= 0.6 is 11.6 Å². The number of benzene rings is 1. The van der Waals surface area contributed by atoms with Gasteiger partial charge in [-0.2, -0.15) is 0 Å². The Morgan fingerprint density at radius 3 is 2.65 bits per heavy atom. The summed E-state index contributed by atoms with van der Waals surface area (Å²) in [7, 11) is 1.08. The maximum atomic E-state index is 11.1. The van der Waals surface area contributed by atoms with Crippen LogP contribution in [-0.4, -0.2) is 35.7 Å². The highest BCUT2D eigenvalue weighted by atomic mass is 35.5. The molecule has 92 valence electrons. The van der Waals surface area contributed by atoms with Crippen LogP contribution in [0, 0.1) is 0 Å². The van der Waals surface area contributed by atoms with Crippen LogP contribution < -0.4 is 0 Å². The molecule has 0 radical (unpaired) electrons. The molecule has 6 heteroatoms. The number of carbonyl (C=O) groups is 2. The molecule has 0 saturated heterocycles. The lowest BCUT2D eigenvalue weighted by atomic mass is 9.99. The van der Waals surface area contributed by atoms with Gasteiger partial charge < -0.3 is 14.9 Å². The number of halogens is 1. The number of esters is 1. The van der Waals surface area contributed by atoms with Gasteiger partial charge in [0.15, 0.2) is 12.4 Å². The lowest BCUT2D eigenvalue weighted by Gasteiger charge is -2.17. The standard InChI is InChI=1S/C11H11ClO5/c1-17-11(16)10(15)9(14)6-3-2-4-8(12)7(6)5-13/h2-5,9-10,14-15H,1H3. The summed E-state index contributed by atoms with van der Waals surface area (Å²) < 4.78 is 4.29. The van der Waals surface area contributed by atoms with Gasteiger partial charge >= 0.3 is 5.97 Å². The average molecular weight is 259 g/mol. The molecule has 0 heterocycles. The second-order valence-electron chi connectivity index (χ2n) is 3.27. The first-order valence-electron chi connectivity index (χ1n) is 4.70. The van der Waals surface area contributed by atoms with Crippen molar-refractivity contribution >= 4 is 23.9 Å². The molecular formula is C11H11ClO5. The first kappa shape index (κ1) is 13.6. The normalized spacial score (nSPS) is 13.9. The fourth-order valence-electron chi connectivity index (χ4n) is 1.36. The number of aliphatic hydroxyl groups excluding tert-OH is 2. The van der Waals surface area contributed by atoms with Gasteiger partial charge in [0.2, 0.25) is 0 Å². The van der Waals surface area contributed by atoms with E-state index in [4.69, 9.17) is 11.6 Å². The van der Waals surface area contributed by atoms with Gasteiger partial charge in [0.25, 0.3) is 0 Å². The molecule has 5 nitrogen and oxygen atoms in total. The number of rotatable bonds is 4. The van der Waals surface area contributed by atoms with Gasteiger partial charge in [-0.1, -0.05) is 23.7 Å². The SMILES string of the molecule is COC(=O)C(O)C(O)c1cccc(Cl)c1C=O. The molecule has 1 rings (SSSR count). The Morgan fingerprint density at radius 1 is 1.47 bits per heavy atom. The predicted molar refractivity (Wildman–Crippen MR) is 59.8 cm³/mol. The summed E-state index contributed by atoms with van der Waals surface area (Å²) in [6.45, 7) is 0. The van der Waals surface area contributed by atoms with Gasteiger partial charge in [0.05, 0.1) is 12.1 Å². The Bertz CT molecular complexity index is 432. The van der Waals surface area contributed by atoms with E-state index in [1.807, 2.05) is 0 Å². The monoisotopic (exact) mass is 258 g/mol. The Morgan fingerprint density at radius 2 is 2.12 bits per heavy atom. The molecule has 1 aromatic carbocycles. The van der Waals surface area contributed by atoms with E-state index >= 15 is 0 Å². The summed E-state index contributed by atoms with van der Waals surface area (Å²) in [6.07, 6.45) is -2.89. The van der Waals surface area contributed by atoms with Crippen LogP contribution in [0.4, 0.5) is 0 Å². The second-order valence-corrected chi connectivity index (χ2v) is 3.68. The summed E-state index contributed by atoms with van der Waals surface area (Å²) >= 11 is 5.75. The molecule has 0 amide bonds. The fourth-order valence-corrected chi connectivity index (χ4v) is 1.58. The van der Waals surface area contributed by atoms with Crippen LogP contribution in [0.2, 0.25) is 5.02 Å².